The maximum atomic E-state index is 11.4. The summed E-state index contributed by atoms with van der Waals surface area (Å²) in [5.74, 6) is 0. The third-order valence-electron chi connectivity index (χ3n) is 4.07. The molecule has 1 amide bonds. The molecule has 20 heavy (non-hydrogen) atoms. The largest absolute Gasteiger partial charge is 0.465 e. The highest BCUT2D eigenvalue weighted by atomic mass is 79.9. The Morgan fingerprint density at radius 1 is 1.55 bits per heavy atom. The van der Waals surface area contributed by atoms with E-state index in [2.05, 4.69) is 25.9 Å². The minimum atomic E-state index is -0.876. The Kier molecular flexibility index (Phi) is 3.25. The van der Waals surface area contributed by atoms with Gasteiger partial charge in [0.2, 0.25) is 0 Å². The molecule has 3 aliphatic rings. The standard InChI is InChI=1S/C13H15BrN4O2/c1-18-7-5-15-8-10(18)11(16-12(18)14)9-4-2-3-6-17(9)13(19)20/h5,7-9H,2-4,6H2,1H3/p+1. The Balaban J connectivity index is 2.04. The molecular weight excluding hydrogens is 324 g/mol. The third kappa shape index (κ3) is 1.92. The van der Waals surface area contributed by atoms with Crippen LogP contribution in [0.5, 0.6) is 0 Å². The van der Waals surface area contributed by atoms with Gasteiger partial charge in [0.1, 0.15) is 11.9 Å². The van der Waals surface area contributed by atoms with Crippen LogP contribution < -0.4 is 0 Å². The van der Waals surface area contributed by atoms with Gasteiger partial charge in [-0.1, -0.05) is 0 Å². The number of piperidine rings is 1. The molecule has 2 unspecified atom stereocenters. The monoisotopic (exact) mass is 339 g/mol. The topological polar surface area (TPSA) is 65.3 Å². The molecule has 7 heteroatoms. The van der Waals surface area contributed by atoms with Crippen LogP contribution in [0.1, 0.15) is 19.3 Å². The Morgan fingerprint density at radius 3 is 3.10 bits per heavy atom. The summed E-state index contributed by atoms with van der Waals surface area (Å²) in [6, 6.07) is -0.179. The average Bonchev–Trinajstić information content (AvgIpc) is 2.71. The number of nitrogens with zero attached hydrogens (tertiary/aromatic N) is 4. The molecule has 106 valence electrons. The van der Waals surface area contributed by atoms with Gasteiger partial charge >= 0.3 is 6.09 Å². The fourth-order valence-electron chi connectivity index (χ4n) is 2.90. The third-order valence-corrected chi connectivity index (χ3v) is 4.98. The van der Waals surface area contributed by atoms with Crippen molar-refractivity contribution in [3.05, 3.63) is 23.8 Å². The fourth-order valence-corrected chi connectivity index (χ4v) is 3.40. The lowest BCUT2D eigenvalue weighted by molar-refractivity contribution is -0.709. The van der Waals surface area contributed by atoms with E-state index in [-0.39, 0.29) is 6.04 Å². The molecule has 3 rings (SSSR count). The smallest absolute Gasteiger partial charge is 0.407 e. The second kappa shape index (κ2) is 4.82. The summed E-state index contributed by atoms with van der Waals surface area (Å²) in [6.45, 7) is 0.570. The predicted octanol–water partition coefficient (Wildman–Crippen LogP) is 2.50. The van der Waals surface area contributed by atoms with Crippen molar-refractivity contribution in [2.45, 2.75) is 25.3 Å². The van der Waals surface area contributed by atoms with Crippen LogP contribution in [-0.2, 0) is 0 Å². The van der Waals surface area contributed by atoms with Crippen LogP contribution in [0.4, 0.5) is 4.79 Å². The molecule has 0 aromatic rings. The highest BCUT2D eigenvalue weighted by Crippen LogP contribution is 2.37. The van der Waals surface area contributed by atoms with Crippen LogP contribution in [0.25, 0.3) is 0 Å². The van der Waals surface area contributed by atoms with Gasteiger partial charge in [-0.2, -0.15) is 4.99 Å². The number of hydrogen-bond acceptors (Lipinski definition) is 3. The van der Waals surface area contributed by atoms with Gasteiger partial charge in [-0.05, 0) is 19.3 Å². The van der Waals surface area contributed by atoms with Crippen LogP contribution >= 0.6 is 15.9 Å². The zero-order chi connectivity index (χ0) is 14.3. The van der Waals surface area contributed by atoms with E-state index in [1.54, 1.807) is 12.4 Å². The Morgan fingerprint density at radius 2 is 2.35 bits per heavy atom. The molecule has 3 heterocycles. The molecule has 0 saturated carbocycles. The van der Waals surface area contributed by atoms with E-state index in [0.717, 1.165) is 35.4 Å². The van der Waals surface area contributed by atoms with E-state index in [4.69, 9.17) is 0 Å². The number of fused-ring (bicyclic) bond motifs is 1. The first-order chi connectivity index (χ1) is 9.54. The fraction of sp³-hybridized carbons (Fsp3) is 0.462. The number of likely N-dealkylation sites (tertiary alicyclic amines) is 1. The number of hydrogen-bond donors (Lipinski definition) is 1. The average molecular weight is 340 g/mol. The van der Waals surface area contributed by atoms with Gasteiger partial charge in [0, 0.05) is 22.5 Å². The molecule has 6 nitrogen and oxygen atoms in total. The van der Waals surface area contributed by atoms with E-state index in [0.29, 0.717) is 11.0 Å². The number of halogens is 1. The van der Waals surface area contributed by atoms with Crippen molar-refractivity contribution in [3.63, 3.8) is 0 Å². The summed E-state index contributed by atoms with van der Waals surface area (Å²) in [6.07, 6.45) is 7.32. The lowest BCUT2D eigenvalue weighted by atomic mass is 9.98. The summed E-state index contributed by atoms with van der Waals surface area (Å²) in [4.78, 5) is 21.7. The van der Waals surface area contributed by atoms with Crippen molar-refractivity contribution in [2.75, 3.05) is 13.6 Å². The van der Waals surface area contributed by atoms with Crippen molar-refractivity contribution in [1.82, 2.24) is 4.90 Å². The molecule has 1 saturated heterocycles. The van der Waals surface area contributed by atoms with Gasteiger partial charge in [0.15, 0.2) is 5.70 Å². The molecule has 0 aliphatic carbocycles. The Labute approximate surface area is 125 Å². The molecule has 1 N–H and O–H groups in total. The second-order valence-electron chi connectivity index (χ2n) is 5.29. The first-order valence-corrected chi connectivity index (χ1v) is 7.39. The molecule has 0 radical (unpaired) electrons. The lowest BCUT2D eigenvalue weighted by Gasteiger charge is -2.33. The second-order valence-corrected chi connectivity index (χ2v) is 6.00. The number of rotatable bonds is 1. The summed E-state index contributed by atoms with van der Waals surface area (Å²) in [5, 5.41) is 9.39. The number of allylic oxidation sites excluding steroid dienone is 1. The quantitative estimate of drug-likeness (QED) is 0.589. The zero-order valence-electron chi connectivity index (χ0n) is 11.2. The maximum Gasteiger partial charge on any atom is 0.407 e. The van der Waals surface area contributed by atoms with Gasteiger partial charge in [-0.25, -0.2) is 9.28 Å². The normalized spacial score (nSPS) is 32.4. The highest BCUT2D eigenvalue weighted by Gasteiger charge is 2.44. The zero-order valence-corrected chi connectivity index (χ0v) is 12.7. The van der Waals surface area contributed by atoms with Crippen molar-refractivity contribution in [1.29, 1.82) is 0 Å². The maximum absolute atomic E-state index is 11.4. The van der Waals surface area contributed by atoms with E-state index >= 15 is 0 Å². The minimum absolute atomic E-state index is 0.179. The molecule has 0 bridgehead atoms. The first kappa shape index (κ1) is 13.5. The van der Waals surface area contributed by atoms with Crippen molar-refractivity contribution >= 4 is 33.0 Å². The number of carboxylic acid groups (broad SMARTS) is 1. The van der Waals surface area contributed by atoms with Crippen LogP contribution in [0, 0.1) is 0 Å². The van der Waals surface area contributed by atoms with Crippen molar-refractivity contribution in [2.24, 2.45) is 9.98 Å². The van der Waals surface area contributed by atoms with Crippen molar-refractivity contribution in [3.8, 4) is 0 Å². The lowest BCUT2D eigenvalue weighted by Crippen LogP contribution is -2.45. The van der Waals surface area contributed by atoms with E-state index in [1.165, 1.54) is 4.90 Å². The summed E-state index contributed by atoms with van der Waals surface area (Å²) < 4.78 is 1.18. The highest BCUT2D eigenvalue weighted by molar-refractivity contribution is 9.18. The molecule has 1 fully saturated rings. The SMILES string of the molecule is C[N+]12C=CN=CC1=C(C1CCCCN1C(=O)O)N=C2Br. The molecule has 3 aliphatic heterocycles. The molecule has 0 aromatic carbocycles. The number of amidine groups is 1. The first-order valence-electron chi connectivity index (χ1n) is 6.60. The van der Waals surface area contributed by atoms with Crippen LogP contribution in [0.2, 0.25) is 0 Å². The van der Waals surface area contributed by atoms with E-state index < -0.39 is 6.09 Å². The van der Waals surface area contributed by atoms with Gasteiger partial charge in [-0.15, -0.1) is 0 Å². The van der Waals surface area contributed by atoms with Crippen LogP contribution in [0.15, 0.2) is 33.8 Å². The van der Waals surface area contributed by atoms with Gasteiger partial charge in [0.25, 0.3) is 4.74 Å². The molecule has 0 spiro atoms. The number of aliphatic imine (C=N–C) groups is 2. The number of quaternary nitrogens is 1. The van der Waals surface area contributed by atoms with Crippen molar-refractivity contribution < 1.29 is 14.4 Å². The van der Waals surface area contributed by atoms with Gasteiger partial charge in [-0.3, -0.25) is 9.89 Å². The Hall–Kier alpha value is -1.47. The Bertz CT molecular complexity index is 581. The number of amides is 1. The predicted molar refractivity (Wildman–Crippen MR) is 79.6 cm³/mol. The summed E-state index contributed by atoms with van der Waals surface area (Å²) in [7, 11) is 2.01. The van der Waals surface area contributed by atoms with E-state index in [1.807, 2.05) is 13.2 Å². The van der Waals surface area contributed by atoms with Gasteiger partial charge < -0.3 is 5.11 Å². The molecule has 0 aromatic heterocycles. The van der Waals surface area contributed by atoms with E-state index in [9.17, 15) is 9.90 Å². The molecule has 2 atom stereocenters. The summed E-state index contributed by atoms with van der Waals surface area (Å²) >= 11 is 3.50. The van der Waals surface area contributed by atoms with Crippen LogP contribution in [-0.4, -0.2) is 51.2 Å². The number of carbonyl (C=O) groups is 1. The molecular formula is C13H16BrN4O2+. The van der Waals surface area contributed by atoms with Crippen LogP contribution in [0.3, 0.4) is 0 Å². The van der Waals surface area contributed by atoms with Gasteiger partial charge in [0.05, 0.1) is 25.5 Å². The minimum Gasteiger partial charge on any atom is -0.465 e. The summed E-state index contributed by atoms with van der Waals surface area (Å²) in [5.41, 5.74) is 1.76.